The van der Waals surface area contributed by atoms with Gasteiger partial charge in [-0.25, -0.2) is 0 Å². The molecule has 1 spiro atoms. The molecule has 0 unspecified atom stereocenters. The van der Waals surface area contributed by atoms with Crippen LogP contribution < -0.4 is 17.0 Å². The second-order valence-corrected chi connectivity index (χ2v) is 3.20. The fraction of sp³-hybridized carbons (Fsp3) is 1.00. The average Bonchev–Trinajstić information content (AvgIpc) is 1.87. The summed E-state index contributed by atoms with van der Waals surface area (Å²) in [5.74, 6) is 0. The van der Waals surface area contributed by atoms with Crippen LogP contribution in [0.5, 0.6) is 0 Å². The SMILES string of the molecule is C1C[N+]2(C1)CCOCC2.[Br-]. The van der Waals surface area contributed by atoms with E-state index in [-0.39, 0.29) is 17.0 Å². The monoisotopic (exact) mass is 207 g/mol. The zero-order chi connectivity index (χ0) is 6.16. The highest BCUT2D eigenvalue weighted by Crippen LogP contribution is 2.21. The van der Waals surface area contributed by atoms with Crippen molar-refractivity contribution in [3.05, 3.63) is 0 Å². The van der Waals surface area contributed by atoms with Gasteiger partial charge in [-0.3, -0.25) is 0 Å². The van der Waals surface area contributed by atoms with Gasteiger partial charge in [0.05, 0.1) is 26.3 Å². The molecule has 0 bridgehead atoms. The maximum absolute atomic E-state index is 5.28. The fourth-order valence-electron chi connectivity index (χ4n) is 1.78. The molecular formula is C7H14BrNO. The first-order valence-electron chi connectivity index (χ1n) is 3.84. The Morgan fingerprint density at radius 1 is 0.900 bits per heavy atom. The van der Waals surface area contributed by atoms with E-state index in [1.165, 1.54) is 37.1 Å². The van der Waals surface area contributed by atoms with Crippen molar-refractivity contribution in [3.8, 4) is 0 Å². The summed E-state index contributed by atoms with van der Waals surface area (Å²) in [7, 11) is 0. The summed E-state index contributed by atoms with van der Waals surface area (Å²) in [6, 6.07) is 0. The number of halogens is 1. The highest BCUT2D eigenvalue weighted by Gasteiger charge is 2.36. The standard InChI is InChI=1S/C7H14NO.BrH/c1-2-8(3-1)4-6-9-7-5-8;/h1-7H2;1H/q+1;/p-1. The molecule has 0 saturated carbocycles. The van der Waals surface area contributed by atoms with E-state index in [1.807, 2.05) is 0 Å². The van der Waals surface area contributed by atoms with Crippen LogP contribution in [0.1, 0.15) is 6.42 Å². The molecule has 2 fully saturated rings. The fourth-order valence-corrected chi connectivity index (χ4v) is 1.78. The third-order valence-electron chi connectivity index (χ3n) is 2.68. The zero-order valence-corrected chi connectivity index (χ0v) is 7.77. The summed E-state index contributed by atoms with van der Waals surface area (Å²) in [5, 5.41) is 0. The van der Waals surface area contributed by atoms with Crippen molar-refractivity contribution < 1.29 is 26.2 Å². The molecule has 0 aliphatic carbocycles. The van der Waals surface area contributed by atoms with Crippen molar-refractivity contribution in [1.82, 2.24) is 0 Å². The van der Waals surface area contributed by atoms with Crippen molar-refractivity contribution in [2.45, 2.75) is 6.42 Å². The third-order valence-corrected chi connectivity index (χ3v) is 2.68. The first-order chi connectivity index (χ1) is 4.41. The first kappa shape index (κ1) is 8.50. The maximum atomic E-state index is 5.28. The topological polar surface area (TPSA) is 9.23 Å². The molecule has 2 rings (SSSR count). The van der Waals surface area contributed by atoms with Crippen molar-refractivity contribution in [2.75, 3.05) is 39.4 Å². The number of ether oxygens (including phenoxy) is 1. The Labute approximate surface area is 72.5 Å². The van der Waals surface area contributed by atoms with Gasteiger partial charge in [0.2, 0.25) is 0 Å². The van der Waals surface area contributed by atoms with Gasteiger partial charge in [-0.05, 0) is 0 Å². The van der Waals surface area contributed by atoms with Crippen molar-refractivity contribution in [3.63, 3.8) is 0 Å². The van der Waals surface area contributed by atoms with Gasteiger partial charge >= 0.3 is 0 Å². The molecule has 2 heterocycles. The second-order valence-electron chi connectivity index (χ2n) is 3.20. The molecule has 0 aromatic rings. The summed E-state index contributed by atoms with van der Waals surface area (Å²) in [4.78, 5) is 0. The normalized spacial score (nSPS) is 28.8. The smallest absolute Gasteiger partial charge is 0.102 e. The van der Waals surface area contributed by atoms with E-state index in [0.29, 0.717) is 0 Å². The lowest BCUT2D eigenvalue weighted by atomic mass is 10.1. The molecule has 0 amide bonds. The number of nitrogens with zero attached hydrogens (tertiary/aromatic N) is 1. The maximum Gasteiger partial charge on any atom is 0.102 e. The third kappa shape index (κ3) is 1.36. The van der Waals surface area contributed by atoms with E-state index < -0.39 is 0 Å². The Morgan fingerprint density at radius 2 is 1.50 bits per heavy atom. The largest absolute Gasteiger partial charge is 1.00 e. The summed E-state index contributed by atoms with van der Waals surface area (Å²) in [5.41, 5.74) is 0. The van der Waals surface area contributed by atoms with Gasteiger partial charge in [-0.2, -0.15) is 0 Å². The number of rotatable bonds is 0. The molecule has 0 aromatic carbocycles. The Morgan fingerprint density at radius 3 is 1.80 bits per heavy atom. The Balaban J connectivity index is 0.000000500. The molecule has 0 radical (unpaired) electrons. The van der Waals surface area contributed by atoms with Crippen molar-refractivity contribution in [1.29, 1.82) is 0 Å². The molecule has 0 atom stereocenters. The molecule has 2 saturated heterocycles. The van der Waals surface area contributed by atoms with E-state index in [4.69, 9.17) is 4.74 Å². The second kappa shape index (κ2) is 3.20. The van der Waals surface area contributed by atoms with E-state index in [9.17, 15) is 0 Å². The van der Waals surface area contributed by atoms with Gasteiger partial charge in [0, 0.05) is 6.42 Å². The van der Waals surface area contributed by atoms with Crippen LogP contribution in [-0.2, 0) is 4.74 Å². The van der Waals surface area contributed by atoms with E-state index >= 15 is 0 Å². The molecule has 0 aromatic heterocycles. The minimum absolute atomic E-state index is 0. The molecule has 3 heteroatoms. The summed E-state index contributed by atoms with van der Waals surface area (Å²) < 4.78 is 6.66. The molecule has 2 nitrogen and oxygen atoms in total. The van der Waals surface area contributed by atoms with Gasteiger partial charge in [-0.15, -0.1) is 0 Å². The van der Waals surface area contributed by atoms with Gasteiger partial charge in [0.1, 0.15) is 13.1 Å². The van der Waals surface area contributed by atoms with Crippen LogP contribution in [-0.4, -0.2) is 43.9 Å². The Hall–Kier alpha value is 0.400. The van der Waals surface area contributed by atoms with E-state index in [1.54, 1.807) is 0 Å². The van der Waals surface area contributed by atoms with Crippen LogP contribution >= 0.6 is 0 Å². The Bertz CT molecular complexity index is 106. The van der Waals surface area contributed by atoms with Crippen LogP contribution in [0.15, 0.2) is 0 Å². The van der Waals surface area contributed by atoms with Gasteiger partial charge < -0.3 is 26.2 Å². The molecular weight excluding hydrogens is 194 g/mol. The molecule has 60 valence electrons. The predicted molar refractivity (Wildman–Crippen MR) is 35.2 cm³/mol. The highest BCUT2D eigenvalue weighted by atomic mass is 79.9. The number of quaternary nitrogens is 1. The highest BCUT2D eigenvalue weighted by molar-refractivity contribution is 4.58. The van der Waals surface area contributed by atoms with Crippen LogP contribution in [0.25, 0.3) is 0 Å². The van der Waals surface area contributed by atoms with Crippen LogP contribution in [0.3, 0.4) is 0 Å². The predicted octanol–water partition coefficient (Wildman–Crippen LogP) is -2.76. The van der Waals surface area contributed by atoms with Crippen LogP contribution in [0.4, 0.5) is 0 Å². The average molecular weight is 208 g/mol. The number of hydrogen-bond acceptors (Lipinski definition) is 1. The quantitative estimate of drug-likeness (QED) is 0.392. The van der Waals surface area contributed by atoms with E-state index in [2.05, 4.69) is 0 Å². The van der Waals surface area contributed by atoms with Crippen LogP contribution in [0.2, 0.25) is 0 Å². The van der Waals surface area contributed by atoms with Crippen molar-refractivity contribution in [2.24, 2.45) is 0 Å². The molecule has 2 aliphatic rings. The number of hydrogen-bond donors (Lipinski definition) is 0. The lowest BCUT2D eigenvalue weighted by Gasteiger charge is -2.47. The molecule has 2 aliphatic heterocycles. The zero-order valence-electron chi connectivity index (χ0n) is 6.18. The lowest BCUT2D eigenvalue weighted by molar-refractivity contribution is -0.969. The lowest BCUT2D eigenvalue weighted by Crippen LogP contribution is -3.00. The number of morpholine rings is 1. The Kier molecular flexibility index (Phi) is 2.72. The first-order valence-corrected chi connectivity index (χ1v) is 3.84. The van der Waals surface area contributed by atoms with Gasteiger partial charge in [-0.1, -0.05) is 0 Å². The molecule has 0 N–H and O–H groups in total. The van der Waals surface area contributed by atoms with Gasteiger partial charge in [0.25, 0.3) is 0 Å². The minimum atomic E-state index is 0. The van der Waals surface area contributed by atoms with Crippen LogP contribution in [0, 0.1) is 0 Å². The summed E-state index contributed by atoms with van der Waals surface area (Å²) >= 11 is 0. The summed E-state index contributed by atoms with van der Waals surface area (Å²) in [6.07, 6.45) is 1.44. The minimum Gasteiger partial charge on any atom is -1.00 e. The van der Waals surface area contributed by atoms with Gasteiger partial charge in [0.15, 0.2) is 0 Å². The molecule has 10 heavy (non-hydrogen) atoms. The summed E-state index contributed by atoms with van der Waals surface area (Å²) in [6.45, 7) is 7.40. The van der Waals surface area contributed by atoms with Crippen molar-refractivity contribution >= 4 is 0 Å². The van der Waals surface area contributed by atoms with E-state index in [0.717, 1.165) is 13.2 Å².